The number of carbonyl (C=O) groups is 1. The van der Waals surface area contributed by atoms with E-state index in [1.807, 2.05) is 0 Å². The summed E-state index contributed by atoms with van der Waals surface area (Å²) in [4.78, 5) is 19.6. The molecule has 0 aliphatic heterocycles. The van der Waals surface area contributed by atoms with Crippen LogP contribution in [0.5, 0.6) is 0 Å². The van der Waals surface area contributed by atoms with Crippen molar-refractivity contribution in [3.05, 3.63) is 17.1 Å². The van der Waals surface area contributed by atoms with Crippen LogP contribution < -0.4 is 0 Å². The fourth-order valence-corrected chi connectivity index (χ4v) is 3.02. The van der Waals surface area contributed by atoms with E-state index >= 15 is 0 Å². The number of hydrogen-bond acceptors (Lipinski definition) is 4. The van der Waals surface area contributed by atoms with Crippen LogP contribution in [0.4, 0.5) is 0 Å². The molecule has 0 saturated carbocycles. The molecule has 0 aliphatic carbocycles. The Morgan fingerprint density at radius 1 is 1.16 bits per heavy atom. The molecule has 0 atom stereocenters. The highest BCUT2D eigenvalue weighted by atomic mass is 32.2. The zero-order valence-electron chi connectivity index (χ0n) is 11.9. The first-order chi connectivity index (χ1) is 9.06. The second-order valence-corrected chi connectivity index (χ2v) is 5.69. The van der Waals surface area contributed by atoms with Gasteiger partial charge in [-0.3, -0.25) is 0 Å². The summed E-state index contributed by atoms with van der Waals surface area (Å²) in [6.45, 7) is 5.72. The van der Waals surface area contributed by atoms with Gasteiger partial charge in [0.1, 0.15) is 16.4 Å². The van der Waals surface area contributed by atoms with Crippen LogP contribution in [0.2, 0.25) is 0 Å². The van der Waals surface area contributed by atoms with E-state index in [0.717, 1.165) is 12.2 Å². The summed E-state index contributed by atoms with van der Waals surface area (Å²) in [5, 5.41) is 9.82. The van der Waals surface area contributed by atoms with Gasteiger partial charge in [0.15, 0.2) is 0 Å². The monoisotopic (exact) mass is 282 g/mol. The van der Waals surface area contributed by atoms with Crippen molar-refractivity contribution in [3.8, 4) is 0 Å². The highest BCUT2D eigenvalue weighted by Crippen LogP contribution is 2.24. The van der Waals surface area contributed by atoms with Crippen LogP contribution in [-0.2, 0) is 0 Å². The normalized spacial score (nSPS) is 10.7. The van der Waals surface area contributed by atoms with Gasteiger partial charge < -0.3 is 5.11 Å². The average Bonchev–Trinajstić information content (AvgIpc) is 2.32. The van der Waals surface area contributed by atoms with Gasteiger partial charge in [-0.15, -0.1) is 11.8 Å². The van der Waals surface area contributed by atoms with E-state index in [4.69, 9.17) is 0 Å². The summed E-state index contributed by atoms with van der Waals surface area (Å²) in [6, 6.07) is 0. The number of aryl methyl sites for hydroxylation is 2. The van der Waals surface area contributed by atoms with E-state index in [2.05, 4.69) is 16.9 Å². The predicted octanol–water partition coefficient (Wildman–Crippen LogP) is 3.85. The number of carboxylic acid groups (broad SMARTS) is 1. The molecule has 0 fully saturated rings. The van der Waals surface area contributed by atoms with Gasteiger partial charge in [0, 0.05) is 0 Å². The molecule has 0 amide bonds. The minimum atomic E-state index is -0.939. The van der Waals surface area contributed by atoms with Gasteiger partial charge in [-0.1, -0.05) is 32.6 Å². The molecule has 1 heterocycles. The summed E-state index contributed by atoms with van der Waals surface area (Å²) < 4.78 is 0. The fourth-order valence-electron chi connectivity index (χ4n) is 1.91. The third kappa shape index (κ3) is 5.19. The minimum absolute atomic E-state index is 0.254. The Bertz CT molecular complexity index is 436. The Morgan fingerprint density at radius 2 is 1.84 bits per heavy atom. The summed E-state index contributed by atoms with van der Waals surface area (Å²) in [7, 11) is 0. The molecule has 0 spiro atoms. The van der Waals surface area contributed by atoms with Crippen LogP contribution >= 0.6 is 11.8 Å². The van der Waals surface area contributed by atoms with E-state index < -0.39 is 5.97 Å². The lowest BCUT2D eigenvalue weighted by Crippen LogP contribution is -2.08. The van der Waals surface area contributed by atoms with Crippen molar-refractivity contribution in [2.45, 2.75) is 57.9 Å². The predicted molar refractivity (Wildman–Crippen MR) is 77.9 cm³/mol. The molecule has 0 unspecified atom stereocenters. The summed E-state index contributed by atoms with van der Waals surface area (Å²) in [6.07, 6.45) is 6.07. The largest absolute Gasteiger partial charge is 0.478 e. The Hall–Kier alpha value is -1.10. The van der Waals surface area contributed by atoms with Gasteiger partial charge in [-0.2, -0.15) is 0 Å². The molecule has 1 N–H and O–H groups in total. The van der Waals surface area contributed by atoms with Crippen LogP contribution in [-0.4, -0.2) is 26.8 Å². The maximum Gasteiger partial charge on any atom is 0.340 e. The van der Waals surface area contributed by atoms with E-state index in [1.54, 1.807) is 13.8 Å². The van der Waals surface area contributed by atoms with Crippen molar-refractivity contribution in [1.29, 1.82) is 0 Å². The number of nitrogens with zero attached hydrogens (tertiary/aromatic N) is 2. The maximum absolute atomic E-state index is 11.2. The van der Waals surface area contributed by atoms with Crippen molar-refractivity contribution in [1.82, 2.24) is 9.97 Å². The summed E-state index contributed by atoms with van der Waals surface area (Å²) in [5.74, 6) is 0.613. The second-order valence-electron chi connectivity index (χ2n) is 4.60. The molecule has 5 heteroatoms. The fraction of sp³-hybridized carbons (Fsp3) is 0.643. The third-order valence-electron chi connectivity index (χ3n) is 2.87. The zero-order chi connectivity index (χ0) is 14.3. The van der Waals surface area contributed by atoms with Crippen molar-refractivity contribution < 1.29 is 9.90 Å². The molecule has 0 radical (unpaired) electrons. The quantitative estimate of drug-likeness (QED) is 0.445. The first-order valence-electron chi connectivity index (χ1n) is 6.77. The van der Waals surface area contributed by atoms with E-state index in [1.165, 1.54) is 37.4 Å². The number of unbranched alkanes of at least 4 members (excludes halogenated alkanes) is 4. The molecule has 0 saturated heterocycles. The smallest absolute Gasteiger partial charge is 0.340 e. The zero-order valence-corrected chi connectivity index (χ0v) is 12.7. The Kier molecular flexibility index (Phi) is 6.84. The molecule has 1 aromatic rings. The van der Waals surface area contributed by atoms with E-state index in [0.29, 0.717) is 16.5 Å². The van der Waals surface area contributed by atoms with Gasteiger partial charge >= 0.3 is 5.97 Å². The van der Waals surface area contributed by atoms with Crippen LogP contribution in [0.15, 0.2) is 5.03 Å². The minimum Gasteiger partial charge on any atom is -0.478 e. The SMILES string of the molecule is CCCCCCCSc1nc(C)nc(C)c1C(=O)O. The third-order valence-corrected chi connectivity index (χ3v) is 3.93. The first kappa shape index (κ1) is 16.0. The Balaban J connectivity index is 2.59. The number of carboxylic acids is 1. The molecule has 0 aromatic carbocycles. The number of hydrogen-bond donors (Lipinski definition) is 1. The second kappa shape index (κ2) is 8.15. The van der Waals surface area contributed by atoms with Gasteiger partial charge in [0.05, 0.1) is 5.69 Å². The topological polar surface area (TPSA) is 63.1 Å². The highest BCUT2D eigenvalue weighted by molar-refractivity contribution is 7.99. The Labute approximate surface area is 119 Å². The summed E-state index contributed by atoms with van der Waals surface area (Å²) >= 11 is 1.53. The number of aromatic carboxylic acids is 1. The lowest BCUT2D eigenvalue weighted by atomic mass is 10.2. The van der Waals surface area contributed by atoms with Crippen molar-refractivity contribution in [2.75, 3.05) is 5.75 Å². The average molecular weight is 282 g/mol. The van der Waals surface area contributed by atoms with Crippen LogP contribution in [0.3, 0.4) is 0 Å². The molecule has 1 rings (SSSR count). The van der Waals surface area contributed by atoms with Crippen LogP contribution in [0, 0.1) is 13.8 Å². The van der Waals surface area contributed by atoms with E-state index in [-0.39, 0.29) is 5.56 Å². The first-order valence-corrected chi connectivity index (χ1v) is 7.76. The molecular weight excluding hydrogens is 260 g/mol. The van der Waals surface area contributed by atoms with Gasteiger partial charge in [0.25, 0.3) is 0 Å². The molecular formula is C14H22N2O2S. The Morgan fingerprint density at radius 3 is 2.47 bits per heavy atom. The number of rotatable bonds is 8. The highest BCUT2D eigenvalue weighted by Gasteiger charge is 2.16. The van der Waals surface area contributed by atoms with Crippen molar-refractivity contribution in [3.63, 3.8) is 0 Å². The van der Waals surface area contributed by atoms with Gasteiger partial charge in [-0.05, 0) is 26.0 Å². The lowest BCUT2D eigenvalue weighted by molar-refractivity contribution is 0.0690. The molecule has 19 heavy (non-hydrogen) atoms. The summed E-state index contributed by atoms with van der Waals surface area (Å²) in [5.41, 5.74) is 0.803. The maximum atomic E-state index is 11.2. The molecule has 106 valence electrons. The lowest BCUT2D eigenvalue weighted by Gasteiger charge is -2.08. The number of thioether (sulfide) groups is 1. The molecule has 4 nitrogen and oxygen atoms in total. The van der Waals surface area contributed by atoms with Crippen LogP contribution in [0.25, 0.3) is 0 Å². The number of aromatic nitrogens is 2. The van der Waals surface area contributed by atoms with Gasteiger partial charge in [-0.25, -0.2) is 14.8 Å². The van der Waals surface area contributed by atoms with Crippen molar-refractivity contribution >= 4 is 17.7 Å². The van der Waals surface area contributed by atoms with Crippen molar-refractivity contribution in [2.24, 2.45) is 0 Å². The van der Waals surface area contributed by atoms with Crippen LogP contribution in [0.1, 0.15) is 60.9 Å². The van der Waals surface area contributed by atoms with Gasteiger partial charge in [0.2, 0.25) is 0 Å². The standard InChI is InChI=1S/C14H22N2O2S/c1-4-5-6-7-8-9-19-13-12(14(17)18)10(2)15-11(3)16-13/h4-9H2,1-3H3,(H,17,18). The molecule has 1 aromatic heterocycles. The molecule has 0 aliphatic rings. The van der Waals surface area contributed by atoms with E-state index in [9.17, 15) is 9.90 Å². The molecule has 0 bridgehead atoms.